The fourth-order valence-electron chi connectivity index (χ4n) is 0.930. The van der Waals surface area contributed by atoms with Gasteiger partial charge in [0.1, 0.15) is 0 Å². The summed E-state index contributed by atoms with van der Waals surface area (Å²) in [4.78, 5) is 0. The molecule has 0 bridgehead atoms. The number of oxime groups is 1. The Bertz CT molecular complexity index is 248. The third kappa shape index (κ3) is 1.58. The minimum Gasteiger partial charge on any atom is -0.349 e. The van der Waals surface area contributed by atoms with Gasteiger partial charge in [-0.1, -0.05) is 0 Å². The zero-order valence-corrected chi connectivity index (χ0v) is 6.41. The largest absolute Gasteiger partial charge is 0.349 e. The van der Waals surface area contributed by atoms with Gasteiger partial charge in [0, 0.05) is 17.8 Å². The molecule has 60 valence electrons. The predicted molar refractivity (Wildman–Crippen MR) is 39.9 cm³/mol. The van der Waals surface area contributed by atoms with E-state index in [9.17, 15) is 4.53 Å². The van der Waals surface area contributed by atoms with Crippen molar-refractivity contribution in [2.24, 2.45) is 12.2 Å². The van der Waals surface area contributed by atoms with Crippen LogP contribution in [0, 0.1) is 6.92 Å². The van der Waals surface area contributed by atoms with Crippen LogP contribution in [0.4, 0.5) is 4.53 Å². The predicted octanol–water partition coefficient (Wildman–Crippen LogP) is 1.57. The summed E-state index contributed by atoms with van der Waals surface area (Å²) in [5, 5.41) is 6.10. The Balaban J connectivity index is 2.92. The number of hydrogen-bond donors (Lipinski definition) is 0. The Hall–Kier alpha value is -1.32. The molecule has 1 aromatic rings. The van der Waals surface area contributed by atoms with Crippen LogP contribution in [0.3, 0.4) is 0 Å². The summed E-state index contributed by atoms with van der Waals surface area (Å²) in [6.07, 6.45) is 3.20. The number of nitrogens with zero attached hydrogens (tertiary/aromatic N) is 2. The van der Waals surface area contributed by atoms with Gasteiger partial charge < -0.3 is 4.57 Å². The highest BCUT2D eigenvalue weighted by Crippen LogP contribution is 2.04. The van der Waals surface area contributed by atoms with Crippen LogP contribution in [0.15, 0.2) is 17.4 Å². The maximum atomic E-state index is 11.1. The fraction of sp³-hybridized carbons (Fsp3) is 0.286. The Morgan fingerprint density at radius 3 is 2.91 bits per heavy atom. The molecule has 0 aliphatic carbocycles. The summed E-state index contributed by atoms with van der Waals surface area (Å²) in [5.74, 6) is 0. The van der Waals surface area contributed by atoms with E-state index in [1.807, 2.05) is 30.8 Å². The maximum Gasteiger partial charge on any atom is 0.0946 e. The molecular weight excluding hydrogens is 147 g/mol. The van der Waals surface area contributed by atoms with E-state index in [4.69, 9.17) is 0 Å². The van der Waals surface area contributed by atoms with Crippen LogP contribution in [-0.4, -0.2) is 10.8 Å². The van der Waals surface area contributed by atoms with Crippen molar-refractivity contribution in [3.05, 3.63) is 23.5 Å². The molecule has 11 heavy (non-hydrogen) atoms. The molecule has 3 nitrogen and oxygen atoms in total. The van der Waals surface area contributed by atoms with Crippen LogP contribution >= 0.6 is 0 Å². The van der Waals surface area contributed by atoms with Crippen molar-refractivity contribution in [2.75, 3.05) is 0 Å². The first-order valence-corrected chi connectivity index (χ1v) is 3.18. The van der Waals surface area contributed by atoms with Crippen LogP contribution < -0.4 is 0 Å². The molecule has 0 unspecified atom stereocenters. The number of rotatable bonds is 2. The van der Waals surface area contributed by atoms with Crippen molar-refractivity contribution in [3.8, 4) is 0 Å². The molecule has 4 heteroatoms. The average Bonchev–Trinajstić information content (AvgIpc) is 2.29. The van der Waals surface area contributed by atoms with Crippen molar-refractivity contribution in [1.29, 1.82) is 0 Å². The molecule has 1 rings (SSSR count). The quantitative estimate of drug-likeness (QED) is 0.471. The molecule has 0 aliphatic heterocycles. The van der Waals surface area contributed by atoms with Crippen LogP contribution in [0.1, 0.15) is 11.3 Å². The van der Waals surface area contributed by atoms with Gasteiger partial charge in [-0.2, -0.15) is 5.04 Å². The highest BCUT2D eigenvalue weighted by Gasteiger charge is 1.98. The molecule has 0 atom stereocenters. The van der Waals surface area contributed by atoms with E-state index >= 15 is 0 Å². The summed E-state index contributed by atoms with van der Waals surface area (Å²) < 4.78 is 13.0. The van der Waals surface area contributed by atoms with Crippen LogP contribution in [0.25, 0.3) is 0 Å². The van der Waals surface area contributed by atoms with Crippen molar-refractivity contribution in [3.63, 3.8) is 0 Å². The highest BCUT2D eigenvalue weighted by molar-refractivity contribution is 5.79. The molecule has 0 amide bonds. The summed E-state index contributed by atoms with van der Waals surface area (Å²) in [5.41, 5.74) is 1.87. The molecule has 0 N–H and O–H groups in total. The van der Waals surface area contributed by atoms with Crippen LogP contribution in [-0.2, 0) is 12.1 Å². The second-order valence-corrected chi connectivity index (χ2v) is 2.30. The third-order valence-electron chi connectivity index (χ3n) is 1.55. The van der Waals surface area contributed by atoms with Gasteiger partial charge in [-0.25, -0.2) is 0 Å². The van der Waals surface area contributed by atoms with Crippen molar-refractivity contribution < 1.29 is 9.57 Å². The van der Waals surface area contributed by atoms with Gasteiger partial charge >= 0.3 is 0 Å². The minimum absolute atomic E-state index is 0.836. The fourth-order valence-corrected chi connectivity index (χ4v) is 0.930. The molecule has 0 fully saturated rings. The molecular formula is C7H9FN2O. The second kappa shape index (κ2) is 3.18. The van der Waals surface area contributed by atoms with Crippen molar-refractivity contribution >= 4 is 6.21 Å². The van der Waals surface area contributed by atoms with E-state index in [-0.39, 0.29) is 0 Å². The Kier molecular flexibility index (Phi) is 2.25. The molecule has 0 spiro atoms. The second-order valence-electron chi connectivity index (χ2n) is 2.30. The van der Waals surface area contributed by atoms with Gasteiger partial charge in [0.25, 0.3) is 0 Å². The molecule has 0 aromatic carbocycles. The van der Waals surface area contributed by atoms with E-state index in [0.29, 0.717) is 0 Å². The van der Waals surface area contributed by atoms with E-state index in [1.54, 1.807) is 0 Å². The monoisotopic (exact) mass is 156 g/mol. The summed E-state index contributed by atoms with van der Waals surface area (Å²) in [6, 6.07) is 1.92. The molecule has 1 aromatic heterocycles. The van der Waals surface area contributed by atoms with Crippen LogP contribution in [0.5, 0.6) is 0 Å². The lowest BCUT2D eigenvalue weighted by Gasteiger charge is -1.95. The summed E-state index contributed by atoms with van der Waals surface area (Å²) >= 11 is 0. The number of aromatic nitrogens is 1. The topological polar surface area (TPSA) is 26.5 Å². The van der Waals surface area contributed by atoms with E-state index < -0.39 is 0 Å². The van der Waals surface area contributed by atoms with E-state index in [1.165, 1.54) is 6.21 Å². The van der Waals surface area contributed by atoms with Gasteiger partial charge in [0.15, 0.2) is 0 Å². The van der Waals surface area contributed by atoms with Gasteiger partial charge in [0.2, 0.25) is 0 Å². The first-order valence-electron chi connectivity index (χ1n) is 3.18. The SMILES string of the molecule is Cc1ccn(C)c1/C=N/OF. The van der Waals surface area contributed by atoms with E-state index in [0.717, 1.165) is 11.3 Å². The average molecular weight is 156 g/mol. The lowest BCUT2D eigenvalue weighted by molar-refractivity contribution is -0.130. The summed E-state index contributed by atoms with van der Waals surface area (Å²) in [7, 11) is 1.85. The molecule has 0 radical (unpaired) electrons. The summed E-state index contributed by atoms with van der Waals surface area (Å²) in [6.45, 7) is 1.92. The smallest absolute Gasteiger partial charge is 0.0946 e. The van der Waals surface area contributed by atoms with E-state index in [2.05, 4.69) is 10.2 Å². The Labute approximate surface area is 64.0 Å². The molecule has 1 heterocycles. The molecule has 0 aliphatic rings. The number of halogens is 1. The first-order chi connectivity index (χ1) is 5.25. The van der Waals surface area contributed by atoms with Crippen LogP contribution in [0.2, 0.25) is 0 Å². The standard InChI is InChI=1S/C7H9FN2O/c1-6-3-4-10(2)7(6)5-9-11-8/h3-5H,1-2H3/b9-5+. The molecule has 0 saturated heterocycles. The molecule has 0 saturated carbocycles. The maximum absolute atomic E-state index is 11.1. The van der Waals surface area contributed by atoms with Gasteiger partial charge in [-0.3, -0.25) is 0 Å². The zero-order valence-electron chi connectivity index (χ0n) is 6.41. The normalized spacial score (nSPS) is 10.8. The first kappa shape index (κ1) is 7.78. The minimum atomic E-state index is 0.836. The lowest BCUT2D eigenvalue weighted by Crippen LogP contribution is -1.94. The lowest BCUT2D eigenvalue weighted by atomic mass is 10.3. The van der Waals surface area contributed by atoms with Crippen molar-refractivity contribution in [1.82, 2.24) is 4.57 Å². The highest BCUT2D eigenvalue weighted by atomic mass is 19.3. The zero-order chi connectivity index (χ0) is 8.27. The third-order valence-corrected chi connectivity index (χ3v) is 1.55. The Morgan fingerprint density at radius 1 is 1.73 bits per heavy atom. The van der Waals surface area contributed by atoms with Crippen molar-refractivity contribution in [2.45, 2.75) is 6.92 Å². The van der Waals surface area contributed by atoms with Gasteiger partial charge in [-0.15, -0.1) is 0 Å². The van der Waals surface area contributed by atoms with Gasteiger partial charge in [0.05, 0.1) is 11.9 Å². The number of hydrogen-bond acceptors (Lipinski definition) is 2. The van der Waals surface area contributed by atoms with Gasteiger partial charge in [-0.05, 0) is 23.7 Å². The number of aryl methyl sites for hydroxylation is 2. The Morgan fingerprint density at radius 2 is 2.45 bits per heavy atom.